The Morgan fingerprint density at radius 2 is 1.77 bits per heavy atom. The molecule has 0 spiro atoms. The molecule has 0 aliphatic carbocycles. The van der Waals surface area contributed by atoms with Gasteiger partial charge >= 0.3 is 0 Å². The number of benzene rings is 1. The lowest BCUT2D eigenvalue weighted by atomic mass is 10.3. The van der Waals surface area contributed by atoms with Crippen LogP contribution in [0.15, 0.2) is 58.1 Å². The molecule has 0 amide bonds. The number of pyridine rings is 1. The second-order valence-electron chi connectivity index (χ2n) is 5.70. The van der Waals surface area contributed by atoms with Crippen molar-refractivity contribution in [2.45, 2.75) is 31.4 Å². The average molecular weight is 374 g/mol. The van der Waals surface area contributed by atoms with E-state index in [0.717, 1.165) is 0 Å². The molecule has 26 heavy (non-hydrogen) atoms. The van der Waals surface area contributed by atoms with E-state index in [-0.39, 0.29) is 23.4 Å². The van der Waals surface area contributed by atoms with Crippen molar-refractivity contribution in [1.82, 2.24) is 19.9 Å². The fourth-order valence-electron chi connectivity index (χ4n) is 2.15. The van der Waals surface area contributed by atoms with E-state index in [1.807, 2.05) is 13.8 Å². The zero-order valence-electron chi connectivity index (χ0n) is 14.3. The lowest BCUT2D eigenvalue weighted by Crippen LogP contribution is -2.23. The zero-order valence-corrected chi connectivity index (χ0v) is 15.1. The smallest absolute Gasteiger partial charge is 0.247 e. The summed E-state index contributed by atoms with van der Waals surface area (Å²) >= 11 is 0. The van der Waals surface area contributed by atoms with Gasteiger partial charge in [0.05, 0.1) is 17.5 Å². The Bertz CT molecular complexity index is 954. The molecule has 3 rings (SSSR count). The van der Waals surface area contributed by atoms with E-state index in [9.17, 15) is 8.42 Å². The SMILES string of the molecule is CC(C)Oc1ccc(S(=O)(=O)NCc2nnc(-c3ccncc3)o2)cc1. The molecule has 1 aromatic carbocycles. The Morgan fingerprint density at radius 1 is 1.08 bits per heavy atom. The average Bonchev–Trinajstić information content (AvgIpc) is 3.10. The molecule has 3 aromatic rings. The van der Waals surface area contributed by atoms with Crippen molar-refractivity contribution in [3.63, 3.8) is 0 Å². The maximum Gasteiger partial charge on any atom is 0.247 e. The number of rotatable bonds is 7. The van der Waals surface area contributed by atoms with Crippen LogP contribution in [0.25, 0.3) is 11.5 Å². The lowest BCUT2D eigenvalue weighted by Gasteiger charge is -2.10. The van der Waals surface area contributed by atoms with Crippen LogP contribution < -0.4 is 9.46 Å². The fourth-order valence-corrected chi connectivity index (χ4v) is 3.12. The van der Waals surface area contributed by atoms with Gasteiger partial charge in [-0.25, -0.2) is 13.1 Å². The first-order valence-electron chi connectivity index (χ1n) is 7.93. The standard InChI is InChI=1S/C17H18N4O4S/c1-12(2)24-14-3-5-15(6-4-14)26(22,23)19-11-16-20-21-17(25-16)13-7-9-18-10-8-13/h3-10,12,19H,11H2,1-2H3. The van der Waals surface area contributed by atoms with Gasteiger partial charge in [-0.15, -0.1) is 10.2 Å². The molecule has 0 saturated carbocycles. The zero-order chi connectivity index (χ0) is 18.6. The van der Waals surface area contributed by atoms with E-state index < -0.39 is 10.0 Å². The van der Waals surface area contributed by atoms with E-state index >= 15 is 0 Å². The minimum atomic E-state index is -3.70. The van der Waals surface area contributed by atoms with Crippen LogP contribution in [0.2, 0.25) is 0 Å². The number of nitrogens with zero attached hydrogens (tertiary/aromatic N) is 3. The molecular weight excluding hydrogens is 356 g/mol. The van der Waals surface area contributed by atoms with Crippen molar-refractivity contribution in [3.8, 4) is 17.2 Å². The van der Waals surface area contributed by atoms with Gasteiger partial charge in [0.1, 0.15) is 5.75 Å². The van der Waals surface area contributed by atoms with Crippen molar-refractivity contribution >= 4 is 10.0 Å². The minimum absolute atomic E-state index is 0.0164. The lowest BCUT2D eigenvalue weighted by molar-refractivity contribution is 0.242. The highest BCUT2D eigenvalue weighted by molar-refractivity contribution is 7.89. The van der Waals surface area contributed by atoms with E-state index in [1.54, 1.807) is 36.7 Å². The second kappa shape index (κ2) is 7.63. The molecule has 0 atom stereocenters. The van der Waals surface area contributed by atoms with Gasteiger partial charge in [0.25, 0.3) is 0 Å². The third kappa shape index (κ3) is 4.44. The normalized spacial score (nSPS) is 11.7. The molecule has 1 N–H and O–H groups in total. The molecule has 0 aliphatic heterocycles. The Hall–Kier alpha value is -2.78. The van der Waals surface area contributed by atoms with Crippen molar-refractivity contribution < 1.29 is 17.6 Å². The summed E-state index contributed by atoms with van der Waals surface area (Å²) in [4.78, 5) is 4.04. The third-order valence-corrected chi connectivity index (χ3v) is 4.73. The monoisotopic (exact) mass is 374 g/mol. The van der Waals surface area contributed by atoms with Crippen LogP contribution >= 0.6 is 0 Å². The Kier molecular flexibility index (Phi) is 5.29. The predicted molar refractivity (Wildman–Crippen MR) is 93.8 cm³/mol. The summed E-state index contributed by atoms with van der Waals surface area (Å²) in [5, 5.41) is 7.76. The van der Waals surface area contributed by atoms with Crippen LogP contribution in [0, 0.1) is 0 Å². The van der Waals surface area contributed by atoms with E-state index in [0.29, 0.717) is 17.2 Å². The first kappa shape index (κ1) is 18.0. The third-order valence-electron chi connectivity index (χ3n) is 3.31. The Morgan fingerprint density at radius 3 is 2.42 bits per heavy atom. The molecule has 0 saturated heterocycles. The summed E-state index contributed by atoms with van der Waals surface area (Å²) in [5.74, 6) is 1.08. The highest BCUT2D eigenvalue weighted by atomic mass is 32.2. The Balaban J connectivity index is 1.66. The largest absolute Gasteiger partial charge is 0.491 e. The van der Waals surface area contributed by atoms with E-state index in [1.165, 1.54) is 12.1 Å². The molecular formula is C17H18N4O4S. The Labute approximate surface area is 151 Å². The summed E-state index contributed by atoms with van der Waals surface area (Å²) in [6.45, 7) is 3.69. The minimum Gasteiger partial charge on any atom is -0.491 e. The topological polar surface area (TPSA) is 107 Å². The number of hydrogen-bond acceptors (Lipinski definition) is 7. The van der Waals surface area contributed by atoms with Gasteiger partial charge in [-0.2, -0.15) is 0 Å². The van der Waals surface area contributed by atoms with Crippen LogP contribution in [-0.4, -0.2) is 29.7 Å². The summed E-state index contributed by atoms with van der Waals surface area (Å²) in [6.07, 6.45) is 3.23. The summed E-state index contributed by atoms with van der Waals surface area (Å²) in [5.41, 5.74) is 0.711. The summed E-state index contributed by atoms with van der Waals surface area (Å²) in [6, 6.07) is 9.64. The quantitative estimate of drug-likeness (QED) is 0.676. The summed E-state index contributed by atoms with van der Waals surface area (Å²) < 4.78 is 38.1. The highest BCUT2D eigenvalue weighted by Crippen LogP contribution is 2.18. The first-order chi connectivity index (χ1) is 12.4. The van der Waals surface area contributed by atoms with Crippen LogP contribution in [0.5, 0.6) is 5.75 Å². The van der Waals surface area contributed by atoms with Crippen molar-refractivity contribution in [3.05, 3.63) is 54.7 Å². The van der Waals surface area contributed by atoms with E-state index in [4.69, 9.17) is 9.15 Å². The maximum absolute atomic E-state index is 12.4. The fraction of sp³-hybridized carbons (Fsp3) is 0.235. The molecule has 0 aliphatic rings. The summed E-state index contributed by atoms with van der Waals surface area (Å²) in [7, 11) is -3.70. The van der Waals surface area contributed by atoms with Crippen LogP contribution in [0.4, 0.5) is 0 Å². The molecule has 0 bridgehead atoms. The van der Waals surface area contributed by atoms with Crippen molar-refractivity contribution in [2.24, 2.45) is 0 Å². The first-order valence-corrected chi connectivity index (χ1v) is 9.41. The van der Waals surface area contributed by atoms with Gasteiger partial charge in [0, 0.05) is 18.0 Å². The van der Waals surface area contributed by atoms with Crippen molar-refractivity contribution in [1.29, 1.82) is 0 Å². The van der Waals surface area contributed by atoms with Gasteiger partial charge in [-0.3, -0.25) is 4.98 Å². The van der Waals surface area contributed by atoms with E-state index in [2.05, 4.69) is 19.9 Å². The molecule has 136 valence electrons. The predicted octanol–water partition coefficient (Wildman–Crippen LogP) is 2.40. The molecule has 0 unspecified atom stereocenters. The number of nitrogens with one attached hydrogen (secondary N) is 1. The van der Waals surface area contributed by atoms with Crippen LogP contribution in [-0.2, 0) is 16.6 Å². The molecule has 2 heterocycles. The molecule has 8 nitrogen and oxygen atoms in total. The molecule has 2 aromatic heterocycles. The number of ether oxygens (including phenoxy) is 1. The van der Waals surface area contributed by atoms with Crippen LogP contribution in [0.3, 0.4) is 0 Å². The van der Waals surface area contributed by atoms with Gasteiger partial charge in [0.2, 0.25) is 21.8 Å². The number of hydrogen-bond donors (Lipinski definition) is 1. The van der Waals surface area contributed by atoms with Gasteiger partial charge < -0.3 is 9.15 Å². The van der Waals surface area contributed by atoms with Gasteiger partial charge in [0.15, 0.2) is 0 Å². The molecule has 0 fully saturated rings. The molecule has 0 radical (unpaired) electrons. The maximum atomic E-state index is 12.4. The van der Waals surface area contributed by atoms with Crippen LogP contribution in [0.1, 0.15) is 19.7 Å². The second-order valence-corrected chi connectivity index (χ2v) is 7.47. The molecule has 9 heteroatoms. The number of sulfonamides is 1. The van der Waals surface area contributed by atoms with Gasteiger partial charge in [-0.1, -0.05) is 0 Å². The van der Waals surface area contributed by atoms with Gasteiger partial charge in [-0.05, 0) is 50.2 Å². The van der Waals surface area contributed by atoms with Crippen molar-refractivity contribution in [2.75, 3.05) is 0 Å². The number of aromatic nitrogens is 3. The highest BCUT2D eigenvalue weighted by Gasteiger charge is 2.16.